The Kier molecular flexibility index (Phi) is 5.05. The van der Waals surface area contributed by atoms with Crippen molar-refractivity contribution in [2.45, 2.75) is 26.3 Å². The maximum atomic E-state index is 12.5. The highest BCUT2D eigenvalue weighted by Gasteiger charge is 2.24. The SMILES string of the molecule is CCC(C)N1CCN(C(=O)c2ccc(N)c(Br)c2)CC1. The minimum absolute atomic E-state index is 0.0921. The fraction of sp³-hybridized carbons (Fsp3) is 0.533. The lowest BCUT2D eigenvalue weighted by Gasteiger charge is -2.37. The van der Waals surface area contributed by atoms with Gasteiger partial charge in [0.25, 0.3) is 5.91 Å². The van der Waals surface area contributed by atoms with Gasteiger partial charge in [-0.1, -0.05) is 6.92 Å². The highest BCUT2D eigenvalue weighted by atomic mass is 79.9. The Hall–Kier alpha value is -1.07. The number of halogens is 1. The third-order valence-electron chi connectivity index (χ3n) is 4.06. The Labute approximate surface area is 129 Å². The fourth-order valence-electron chi connectivity index (χ4n) is 2.47. The molecule has 1 saturated heterocycles. The van der Waals surface area contributed by atoms with E-state index in [9.17, 15) is 4.79 Å². The van der Waals surface area contributed by atoms with Gasteiger partial charge in [-0.25, -0.2) is 0 Å². The van der Waals surface area contributed by atoms with E-state index >= 15 is 0 Å². The van der Waals surface area contributed by atoms with E-state index in [1.54, 1.807) is 18.2 Å². The maximum Gasteiger partial charge on any atom is 0.253 e. The molecule has 0 radical (unpaired) electrons. The van der Waals surface area contributed by atoms with Crippen LogP contribution >= 0.6 is 15.9 Å². The highest BCUT2D eigenvalue weighted by Crippen LogP contribution is 2.21. The average molecular weight is 340 g/mol. The fourth-order valence-corrected chi connectivity index (χ4v) is 2.85. The van der Waals surface area contributed by atoms with Crippen molar-refractivity contribution in [3.63, 3.8) is 0 Å². The first kappa shape index (κ1) is 15.3. The predicted molar refractivity (Wildman–Crippen MR) is 85.8 cm³/mol. The topological polar surface area (TPSA) is 49.6 Å². The molecule has 1 aromatic carbocycles. The van der Waals surface area contributed by atoms with Gasteiger partial charge < -0.3 is 10.6 Å². The first-order valence-corrected chi connectivity index (χ1v) is 7.90. The molecule has 1 heterocycles. The van der Waals surface area contributed by atoms with Crippen LogP contribution in [0, 0.1) is 0 Å². The lowest BCUT2D eigenvalue weighted by atomic mass is 10.1. The van der Waals surface area contributed by atoms with E-state index in [1.807, 2.05) is 4.90 Å². The lowest BCUT2D eigenvalue weighted by Crippen LogP contribution is -2.51. The second-order valence-electron chi connectivity index (χ2n) is 5.32. The molecule has 0 saturated carbocycles. The Morgan fingerprint density at radius 2 is 2.00 bits per heavy atom. The maximum absolute atomic E-state index is 12.5. The number of amides is 1. The number of benzene rings is 1. The van der Waals surface area contributed by atoms with Crippen molar-refractivity contribution < 1.29 is 4.79 Å². The van der Waals surface area contributed by atoms with Crippen LogP contribution in [0.25, 0.3) is 0 Å². The van der Waals surface area contributed by atoms with Gasteiger partial charge in [-0.05, 0) is 47.5 Å². The number of nitrogen functional groups attached to an aromatic ring is 1. The van der Waals surface area contributed by atoms with E-state index in [1.165, 1.54) is 0 Å². The Bertz CT molecular complexity index is 484. The molecule has 0 aliphatic carbocycles. The number of anilines is 1. The zero-order chi connectivity index (χ0) is 14.7. The molecule has 5 heteroatoms. The predicted octanol–water partition coefficient (Wildman–Crippen LogP) is 2.59. The van der Waals surface area contributed by atoms with Crippen LogP contribution in [-0.4, -0.2) is 47.9 Å². The Balaban J connectivity index is 1.99. The normalized spacial score (nSPS) is 18.1. The molecule has 2 rings (SSSR count). The molecule has 1 aliphatic rings. The van der Waals surface area contributed by atoms with Crippen molar-refractivity contribution >= 4 is 27.5 Å². The smallest absolute Gasteiger partial charge is 0.253 e. The standard InChI is InChI=1S/C15H22BrN3O/c1-3-11(2)18-6-8-19(9-7-18)15(20)12-4-5-14(17)13(16)10-12/h4-5,10-11H,3,6-9,17H2,1-2H3. The van der Waals surface area contributed by atoms with Crippen molar-refractivity contribution in [3.05, 3.63) is 28.2 Å². The number of nitrogens with zero attached hydrogens (tertiary/aromatic N) is 2. The zero-order valence-corrected chi connectivity index (χ0v) is 13.7. The minimum Gasteiger partial charge on any atom is -0.398 e. The van der Waals surface area contributed by atoms with Gasteiger partial charge in [0.1, 0.15) is 0 Å². The number of rotatable bonds is 3. The molecule has 0 bridgehead atoms. The summed E-state index contributed by atoms with van der Waals surface area (Å²) in [5.41, 5.74) is 7.11. The molecule has 1 fully saturated rings. The van der Waals surface area contributed by atoms with E-state index in [0.717, 1.165) is 37.1 Å². The second kappa shape index (κ2) is 6.59. The molecule has 110 valence electrons. The van der Waals surface area contributed by atoms with Crippen LogP contribution in [0.1, 0.15) is 30.6 Å². The molecule has 0 aromatic heterocycles. The van der Waals surface area contributed by atoms with Gasteiger partial charge in [0, 0.05) is 47.9 Å². The number of hydrogen-bond donors (Lipinski definition) is 1. The molecule has 1 aromatic rings. The highest BCUT2D eigenvalue weighted by molar-refractivity contribution is 9.10. The van der Waals surface area contributed by atoms with Gasteiger partial charge in [-0.15, -0.1) is 0 Å². The van der Waals surface area contributed by atoms with Crippen LogP contribution in [0.3, 0.4) is 0 Å². The number of piperazine rings is 1. The van der Waals surface area contributed by atoms with Crippen molar-refractivity contribution in [2.75, 3.05) is 31.9 Å². The Morgan fingerprint density at radius 3 is 2.55 bits per heavy atom. The summed E-state index contributed by atoms with van der Waals surface area (Å²) in [4.78, 5) is 16.8. The summed E-state index contributed by atoms with van der Waals surface area (Å²) in [5.74, 6) is 0.0921. The van der Waals surface area contributed by atoms with Crippen molar-refractivity contribution in [1.29, 1.82) is 0 Å². The van der Waals surface area contributed by atoms with Crippen molar-refractivity contribution in [2.24, 2.45) is 0 Å². The first-order valence-electron chi connectivity index (χ1n) is 7.11. The Morgan fingerprint density at radius 1 is 1.35 bits per heavy atom. The molecule has 1 amide bonds. The van der Waals surface area contributed by atoms with Gasteiger partial charge in [-0.3, -0.25) is 9.69 Å². The number of carbonyl (C=O) groups excluding carboxylic acids is 1. The summed E-state index contributed by atoms with van der Waals surface area (Å²) >= 11 is 3.37. The summed E-state index contributed by atoms with van der Waals surface area (Å²) in [6, 6.07) is 5.97. The molecule has 4 nitrogen and oxygen atoms in total. The van der Waals surface area contributed by atoms with Crippen molar-refractivity contribution in [3.8, 4) is 0 Å². The average Bonchev–Trinajstić information content (AvgIpc) is 2.48. The summed E-state index contributed by atoms with van der Waals surface area (Å²) in [6.07, 6.45) is 1.15. The first-order chi connectivity index (χ1) is 9.52. The van der Waals surface area contributed by atoms with Gasteiger partial charge in [-0.2, -0.15) is 0 Å². The lowest BCUT2D eigenvalue weighted by molar-refractivity contribution is 0.0579. The summed E-state index contributed by atoms with van der Waals surface area (Å²) in [5, 5.41) is 0. The zero-order valence-electron chi connectivity index (χ0n) is 12.1. The molecule has 1 atom stereocenters. The van der Waals surface area contributed by atoms with Gasteiger partial charge >= 0.3 is 0 Å². The molecule has 20 heavy (non-hydrogen) atoms. The minimum atomic E-state index is 0.0921. The third-order valence-corrected chi connectivity index (χ3v) is 4.75. The molecule has 1 aliphatic heterocycles. The summed E-state index contributed by atoms with van der Waals surface area (Å²) in [6.45, 7) is 7.95. The van der Waals surface area contributed by atoms with Crippen LogP contribution in [0.2, 0.25) is 0 Å². The monoisotopic (exact) mass is 339 g/mol. The second-order valence-corrected chi connectivity index (χ2v) is 6.18. The van der Waals surface area contributed by atoms with Gasteiger partial charge in [0.15, 0.2) is 0 Å². The summed E-state index contributed by atoms with van der Waals surface area (Å²) in [7, 11) is 0. The molecule has 0 spiro atoms. The van der Waals surface area contributed by atoms with E-state index in [4.69, 9.17) is 5.73 Å². The van der Waals surface area contributed by atoms with E-state index in [-0.39, 0.29) is 5.91 Å². The quantitative estimate of drug-likeness (QED) is 0.861. The molecular weight excluding hydrogens is 318 g/mol. The van der Waals surface area contributed by atoms with Gasteiger partial charge in [0.05, 0.1) is 0 Å². The van der Waals surface area contributed by atoms with E-state index in [0.29, 0.717) is 17.3 Å². The number of nitrogens with two attached hydrogens (primary N) is 1. The number of carbonyl (C=O) groups is 1. The van der Waals surface area contributed by atoms with Crippen LogP contribution < -0.4 is 5.73 Å². The molecule has 1 unspecified atom stereocenters. The van der Waals surface area contributed by atoms with E-state index < -0.39 is 0 Å². The largest absolute Gasteiger partial charge is 0.398 e. The number of hydrogen-bond acceptors (Lipinski definition) is 3. The van der Waals surface area contributed by atoms with Gasteiger partial charge in [0.2, 0.25) is 0 Å². The van der Waals surface area contributed by atoms with Crippen LogP contribution in [0.5, 0.6) is 0 Å². The summed E-state index contributed by atoms with van der Waals surface area (Å²) < 4.78 is 0.779. The molecular formula is C15H22BrN3O. The van der Waals surface area contributed by atoms with E-state index in [2.05, 4.69) is 34.7 Å². The van der Waals surface area contributed by atoms with Crippen molar-refractivity contribution in [1.82, 2.24) is 9.80 Å². The third kappa shape index (κ3) is 3.33. The molecule has 2 N–H and O–H groups in total. The van der Waals surface area contributed by atoms with Crippen LogP contribution in [0.15, 0.2) is 22.7 Å². The van der Waals surface area contributed by atoms with Crippen LogP contribution in [-0.2, 0) is 0 Å². The van der Waals surface area contributed by atoms with Crippen LogP contribution in [0.4, 0.5) is 5.69 Å².